The summed E-state index contributed by atoms with van der Waals surface area (Å²) in [6.45, 7) is 5.91. The van der Waals surface area contributed by atoms with Gasteiger partial charge >= 0.3 is 0 Å². The van der Waals surface area contributed by atoms with Crippen molar-refractivity contribution < 1.29 is 13.2 Å². The van der Waals surface area contributed by atoms with Crippen molar-refractivity contribution in [1.29, 1.82) is 5.26 Å². The van der Waals surface area contributed by atoms with Crippen LogP contribution in [0.4, 0.5) is 0 Å². The van der Waals surface area contributed by atoms with Gasteiger partial charge in [0.2, 0.25) is 9.05 Å². The number of benzene rings is 1. The SMILES string of the molecule is CCC(COc1c(C)cc(C#N)cc1C)CS(=O)(=O)Cl. The molecule has 1 aromatic rings. The summed E-state index contributed by atoms with van der Waals surface area (Å²) in [5, 5.41) is 8.89. The van der Waals surface area contributed by atoms with Crippen LogP contribution in [0.25, 0.3) is 0 Å². The molecule has 0 fully saturated rings. The molecule has 6 heteroatoms. The lowest BCUT2D eigenvalue weighted by atomic mass is 10.1. The van der Waals surface area contributed by atoms with Gasteiger partial charge in [-0.2, -0.15) is 5.26 Å². The summed E-state index contributed by atoms with van der Waals surface area (Å²) in [5.41, 5.74) is 2.32. The Morgan fingerprint density at radius 3 is 2.30 bits per heavy atom. The van der Waals surface area contributed by atoms with Crippen molar-refractivity contribution in [2.45, 2.75) is 27.2 Å². The van der Waals surface area contributed by atoms with E-state index < -0.39 is 9.05 Å². The summed E-state index contributed by atoms with van der Waals surface area (Å²) in [5.74, 6) is 0.459. The quantitative estimate of drug-likeness (QED) is 0.756. The largest absolute Gasteiger partial charge is 0.493 e. The molecule has 1 atom stereocenters. The highest BCUT2D eigenvalue weighted by atomic mass is 35.7. The van der Waals surface area contributed by atoms with Crippen LogP contribution in [0.15, 0.2) is 12.1 Å². The predicted octanol–water partition coefficient (Wildman–Crippen LogP) is 3.15. The second-order valence-corrected chi connectivity index (χ2v) is 7.66. The van der Waals surface area contributed by atoms with E-state index in [1.54, 1.807) is 12.1 Å². The standard InChI is InChI=1S/C14H18ClNO3S/c1-4-12(9-20(15,17)18)8-19-14-10(2)5-13(7-16)6-11(14)3/h5-6,12H,4,8-9H2,1-3H3. The number of nitriles is 1. The smallest absolute Gasteiger partial charge is 0.232 e. The molecule has 0 aromatic heterocycles. The maximum Gasteiger partial charge on any atom is 0.232 e. The van der Waals surface area contributed by atoms with Gasteiger partial charge in [-0.3, -0.25) is 0 Å². The molecule has 0 N–H and O–H groups in total. The Kier molecular flexibility index (Phi) is 5.85. The van der Waals surface area contributed by atoms with Crippen molar-refractivity contribution in [1.82, 2.24) is 0 Å². The number of aryl methyl sites for hydroxylation is 2. The molecule has 0 spiro atoms. The van der Waals surface area contributed by atoms with E-state index >= 15 is 0 Å². The lowest BCUT2D eigenvalue weighted by Crippen LogP contribution is -2.19. The van der Waals surface area contributed by atoms with E-state index in [0.29, 0.717) is 17.7 Å². The minimum Gasteiger partial charge on any atom is -0.493 e. The van der Waals surface area contributed by atoms with Crippen LogP contribution < -0.4 is 4.74 Å². The monoisotopic (exact) mass is 315 g/mol. The Balaban J connectivity index is 2.82. The molecular weight excluding hydrogens is 298 g/mol. The minimum absolute atomic E-state index is 0.0978. The van der Waals surface area contributed by atoms with Crippen molar-refractivity contribution in [2.24, 2.45) is 5.92 Å². The van der Waals surface area contributed by atoms with Gasteiger partial charge in [0.15, 0.2) is 0 Å². The van der Waals surface area contributed by atoms with Crippen molar-refractivity contribution in [2.75, 3.05) is 12.4 Å². The fraction of sp³-hybridized carbons (Fsp3) is 0.500. The molecule has 1 aromatic carbocycles. The molecule has 0 saturated heterocycles. The molecule has 0 heterocycles. The second kappa shape index (κ2) is 6.96. The maximum absolute atomic E-state index is 11.1. The lowest BCUT2D eigenvalue weighted by molar-refractivity contribution is 0.255. The van der Waals surface area contributed by atoms with Crippen molar-refractivity contribution in [3.05, 3.63) is 28.8 Å². The number of rotatable bonds is 6. The van der Waals surface area contributed by atoms with Crippen LogP contribution in [0, 0.1) is 31.1 Å². The molecule has 0 radical (unpaired) electrons. The Hall–Kier alpha value is -1.25. The molecule has 4 nitrogen and oxygen atoms in total. The first-order valence-electron chi connectivity index (χ1n) is 6.33. The number of hydrogen-bond acceptors (Lipinski definition) is 4. The van der Waals surface area contributed by atoms with Gasteiger partial charge in [-0.25, -0.2) is 8.42 Å². The summed E-state index contributed by atoms with van der Waals surface area (Å²) < 4.78 is 27.9. The van der Waals surface area contributed by atoms with E-state index in [1.165, 1.54) is 0 Å². The first-order chi connectivity index (χ1) is 9.26. The van der Waals surface area contributed by atoms with Crippen LogP contribution in [0.5, 0.6) is 5.75 Å². The van der Waals surface area contributed by atoms with E-state index in [1.807, 2.05) is 20.8 Å². The molecule has 20 heavy (non-hydrogen) atoms. The lowest BCUT2D eigenvalue weighted by Gasteiger charge is -2.17. The average Bonchev–Trinajstić information content (AvgIpc) is 2.34. The van der Waals surface area contributed by atoms with E-state index in [2.05, 4.69) is 6.07 Å². The molecule has 0 bridgehead atoms. The van der Waals surface area contributed by atoms with Crippen LogP contribution in [0.2, 0.25) is 0 Å². The molecular formula is C14H18ClNO3S. The van der Waals surface area contributed by atoms with Gasteiger partial charge in [0.1, 0.15) is 5.75 Å². The summed E-state index contributed by atoms with van der Waals surface area (Å²) >= 11 is 0. The van der Waals surface area contributed by atoms with Crippen LogP contribution in [-0.2, 0) is 9.05 Å². The average molecular weight is 316 g/mol. The fourth-order valence-electron chi connectivity index (χ4n) is 2.01. The minimum atomic E-state index is -3.52. The Labute approximate surface area is 124 Å². The third kappa shape index (κ3) is 5.03. The summed E-state index contributed by atoms with van der Waals surface area (Å²) in [4.78, 5) is 0. The van der Waals surface area contributed by atoms with Crippen molar-refractivity contribution in [3.8, 4) is 11.8 Å². The number of halogens is 1. The van der Waals surface area contributed by atoms with Crippen molar-refractivity contribution in [3.63, 3.8) is 0 Å². The van der Waals surface area contributed by atoms with Gasteiger partial charge in [-0.1, -0.05) is 6.92 Å². The topological polar surface area (TPSA) is 67.2 Å². The highest BCUT2D eigenvalue weighted by molar-refractivity contribution is 8.13. The van der Waals surface area contributed by atoms with Gasteiger partial charge in [0.25, 0.3) is 0 Å². The number of hydrogen-bond donors (Lipinski definition) is 0. The zero-order valence-electron chi connectivity index (χ0n) is 11.8. The van der Waals surface area contributed by atoms with Crippen LogP contribution in [0.3, 0.4) is 0 Å². The zero-order valence-corrected chi connectivity index (χ0v) is 13.4. The zero-order chi connectivity index (χ0) is 15.3. The van der Waals surface area contributed by atoms with E-state index in [4.69, 9.17) is 20.7 Å². The maximum atomic E-state index is 11.1. The number of ether oxygens (including phenoxy) is 1. The second-order valence-electron chi connectivity index (χ2n) is 4.84. The van der Waals surface area contributed by atoms with Gasteiger partial charge < -0.3 is 4.74 Å². The third-order valence-electron chi connectivity index (χ3n) is 3.06. The molecule has 110 valence electrons. The molecule has 0 amide bonds. The highest BCUT2D eigenvalue weighted by Gasteiger charge is 2.17. The van der Waals surface area contributed by atoms with Gasteiger partial charge in [-0.15, -0.1) is 0 Å². The summed E-state index contributed by atoms with van der Waals surface area (Å²) in [7, 11) is 1.75. The fourth-order valence-corrected chi connectivity index (χ4v) is 3.44. The van der Waals surface area contributed by atoms with E-state index in [9.17, 15) is 8.42 Å². The highest BCUT2D eigenvalue weighted by Crippen LogP contribution is 2.25. The third-order valence-corrected chi connectivity index (χ3v) is 4.31. The normalized spacial score (nSPS) is 12.8. The summed E-state index contributed by atoms with van der Waals surface area (Å²) in [6.07, 6.45) is 0.667. The Bertz CT molecular complexity index is 597. The van der Waals surface area contributed by atoms with Crippen LogP contribution >= 0.6 is 10.7 Å². The van der Waals surface area contributed by atoms with Gasteiger partial charge in [0, 0.05) is 16.6 Å². The van der Waals surface area contributed by atoms with Gasteiger partial charge in [0.05, 0.1) is 24.0 Å². The van der Waals surface area contributed by atoms with E-state index in [-0.39, 0.29) is 18.3 Å². The molecule has 0 aliphatic carbocycles. The number of nitrogens with zero attached hydrogens (tertiary/aromatic N) is 1. The predicted molar refractivity (Wildman–Crippen MR) is 79.5 cm³/mol. The molecule has 0 aliphatic rings. The van der Waals surface area contributed by atoms with Crippen LogP contribution in [-0.4, -0.2) is 20.8 Å². The first kappa shape index (κ1) is 16.8. The van der Waals surface area contributed by atoms with Crippen molar-refractivity contribution >= 4 is 19.7 Å². The molecule has 0 aliphatic heterocycles. The Morgan fingerprint density at radius 2 is 1.90 bits per heavy atom. The van der Waals surface area contributed by atoms with Crippen LogP contribution in [0.1, 0.15) is 30.0 Å². The Morgan fingerprint density at radius 1 is 1.35 bits per heavy atom. The van der Waals surface area contributed by atoms with Gasteiger partial charge in [-0.05, 0) is 43.5 Å². The summed E-state index contributed by atoms with van der Waals surface area (Å²) in [6, 6.07) is 5.59. The molecule has 1 unspecified atom stereocenters. The molecule has 1 rings (SSSR count). The molecule has 0 saturated carbocycles. The first-order valence-corrected chi connectivity index (χ1v) is 8.81. The van der Waals surface area contributed by atoms with E-state index in [0.717, 1.165) is 11.1 Å².